The molecule has 29 heavy (non-hydrogen) atoms. The fourth-order valence-electron chi connectivity index (χ4n) is 3.38. The van der Waals surface area contributed by atoms with E-state index in [1.54, 1.807) is 4.90 Å². The summed E-state index contributed by atoms with van der Waals surface area (Å²) in [4.78, 5) is 28.5. The van der Waals surface area contributed by atoms with Crippen molar-refractivity contribution in [3.8, 4) is 5.75 Å². The first-order valence-corrected chi connectivity index (χ1v) is 10.3. The molecule has 5 nitrogen and oxygen atoms in total. The molecule has 0 radical (unpaired) electrons. The van der Waals surface area contributed by atoms with Crippen LogP contribution in [-0.2, 0) is 16.0 Å². The van der Waals surface area contributed by atoms with Gasteiger partial charge in [0, 0.05) is 37.6 Å². The third kappa shape index (κ3) is 5.73. The number of piperazine rings is 1. The number of amides is 2. The van der Waals surface area contributed by atoms with Crippen molar-refractivity contribution in [3.05, 3.63) is 64.2 Å². The Kier molecular flexibility index (Phi) is 7.15. The second-order valence-corrected chi connectivity index (χ2v) is 7.81. The van der Waals surface area contributed by atoms with Crippen molar-refractivity contribution in [2.45, 2.75) is 26.7 Å². The predicted molar refractivity (Wildman–Crippen MR) is 114 cm³/mol. The van der Waals surface area contributed by atoms with Gasteiger partial charge in [0.05, 0.1) is 0 Å². The normalized spacial score (nSPS) is 14.0. The highest BCUT2D eigenvalue weighted by molar-refractivity contribution is 6.30. The van der Waals surface area contributed by atoms with Gasteiger partial charge in [-0.3, -0.25) is 9.59 Å². The molecule has 0 bridgehead atoms. The largest absolute Gasteiger partial charge is 0.483 e. The van der Waals surface area contributed by atoms with Crippen molar-refractivity contribution < 1.29 is 14.3 Å². The van der Waals surface area contributed by atoms with E-state index in [0.29, 0.717) is 44.0 Å². The number of carbonyl (C=O) groups excluding carboxylic acids is 2. The lowest BCUT2D eigenvalue weighted by molar-refractivity contribution is -0.140. The summed E-state index contributed by atoms with van der Waals surface area (Å²) >= 11 is 5.89. The topological polar surface area (TPSA) is 49.9 Å². The van der Waals surface area contributed by atoms with Crippen LogP contribution in [0.3, 0.4) is 0 Å². The summed E-state index contributed by atoms with van der Waals surface area (Å²) in [5.74, 6) is 0.826. The summed E-state index contributed by atoms with van der Waals surface area (Å²) in [6.07, 6.45) is 1.16. The van der Waals surface area contributed by atoms with E-state index >= 15 is 0 Å². The predicted octanol–water partition coefficient (Wildman–Crippen LogP) is 3.64. The molecule has 6 heteroatoms. The fraction of sp³-hybridized carbons (Fsp3) is 0.391. The molecule has 1 aliphatic heterocycles. The van der Waals surface area contributed by atoms with Gasteiger partial charge in [-0.05, 0) is 55.2 Å². The third-order valence-electron chi connectivity index (χ3n) is 5.43. The monoisotopic (exact) mass is 414 g/mol. The van der Waals surface area contributed by atoms with E-state index in [1.165, 1.54) is 0 Å². The molecule has 2 aromatic rings. The molecule has 1 saturated heterocycles. The average Bonchev–Trinajstić information content (AvgIpc) is 2.74. The minimum absolute atomic E-state index is 0.0226. The smallest absolute Gasteiger partial charge is 0.260 e. The van der Waals surface area contributed by atoms with Crippen molar-refractivity contribution in [1.29, 1.82) is 0 Å². The standard InChI is InChI=1S/C23H27ClN2O3/c1-17-4-3-5-21(18(17)2)29-16-23(28)26-14-12-25(13-15-26)22(27)11-8-19-6-9-20(24)10-7-19/h3-7,9-10H,8,11-16H2,1-2H3. The van der Waals surface area contributed by atoms with Gasteiger partial charge >= 0.3 is 0 Å². The van der Waals surface area contributed by atoms with Gasteiger partial charge in [0.2, 0.25) is 5.91 Å². The molecule has 0 unspecified atom stereocenters. The zero-order chi connectivity index (χ0) is 20.8. The van der Waals surface area contributed by atoms with Gasteiger partial charge in [-0.2, -0.15) is 0 Å². The third-order valence-corrected chi connectivity index (χ3v) is 5.68. The van der Waals surface area contributed by atoms with Crippen LogP contribution in [0.1, 0.15) is 23.1 Å². The van der Waals surface area contributed by atoms with Crippen LogP contribution in [0.2, 0.25) is 5.02 Å². The van der Waals surface area contributed by atoms with E-state index in [0.717, 1.165) is 22.4 Å². The molecular formula is C23H27ClN2O3. The van der Waals surface area contributed by atoms with E-state index in [-0.39, 0.29) is 18.4 Å². The first-order valence-electron chi connectivity index (χ1n) is 9.93. The Hall–Kier alpha value is -2.53. The van der Waals surface area contributed by atoms with Gasteiger partial charge < -0.3 is 14.5 Å². The van der Waals surface area contributed by atoms with Gasteiger partial charge in [0.25, 0.3) is 5.91 Å². The minimum Gasteiger partial charge on any atom is -0.483 e. The summed E-state index contributed by atoms with van der Waals surface area (Å²) in [5, 5.41) is 0.697. The summed E-state index contributed by atoms with van der Waals surface area (Å²) in [7, 11) is 0. The number of halogens is 1. The molecule has 0 saturated carbocycles. The van der Waals surface area contributed by atoms with E-state index < -0.39 is 0 Å². The number of hydrogen-bond donors (Lipinski definition) is 0. The zero-order valence-electron chi connectivity index (χ0n) is 17.0. The lowest BCUT2D eigenvalue weighted by Crippen LogP contribution is -2.51. The maximum Gasteiger partial charge on any atom is 0.260 e. The number of benzene rings is 2. The minimum atomic E-state index is -0.0424. The quantitative estimate of drug-likeness (QED) is 0.725. The highest BCUT2D eigenvalue weighted by Gasteiger charge is 2.24. The fourth-order valence-corrected chi connectivity index (χ4v) is 3.50. The van der Waals surface area contributed by atoms with Gasteiger partial charge in [0.1, 0.15) is 5.75 Å². The molecule has 0 aliphatic carbocycles. The second kappa shape index (κ2) is 9.79. The lowest BCUT2D eigenvalue weighted by Gasteiger charge is -2.34. The number of hydrogen-bond acceptors (Lipinski definition) is 3. The van der Waals surface area contributed by atoms with Crippen LogP contribution in [0, 0.1) is 13.8 Å². The molecule has 1 aliphatic rings. The number of nitrogens with zero attached hydrogens (tertiary/aromatic N) is 2. The van der Waals surface area contributed by atoms with Crippen LogP contribution in [0.4, 0.5) is 0 Å². The maximum absolute atomic E-state index is 12.5. The molecule has 1 fully saturated rings. The molecular weight excluding hydrogens is 388 g/mol. The van der Waals surface area contributed by atoms with Gasteiger partial charge in [-0.15, -0.1) is 0 Å². The van der Waals surface area contributed by atoms with Crippen molar-refractivity contribution in [2.24, 2.45) is 0 Å². The summed E-state index contributed by atoms with van der Waals surface area (Å²) in [6.45, 7) is 6.25. The molecule has 154 valence electrons. The van der Waals surface area contributed by atoms with Crippen LogP contribution in [-0.4, -0.2) is 54.4 Å². The van der Waals surface area contributed by atoms with Crippen LogP contribution in [0.5, 0.6) is 5.75 Å². The highest BCUT2D eigenvalue weighted by atomic mass is 35.5. The Morgan fingerprint density at radius 3 is 2.21 bits per heavy atom. The van der Waals surface area contributed by atoms with Crippen LogP contribution >= 0.6 is 11.6 Å². The van der Waals surface area contributed by atoms with Crippen LogP contribution in [0.25, 0.3) is 0 Å². The average molecular weight is 415 g/mol. The summed E-state index contributed by atoms with van der Waals surface area (Å²) in [5.41, 5.74) is 3.29. The molecule has 2 amide bonds. The van der Waals surface area contributed by atoms with Crippen molar-refractivity contribution in [1.82, 2.24) is 9.80 Å². The van der Waals surface area contributed by atoms with E-state index in [2.05, 4.69) is 0 Å². The maximum atomic E-state index is 12.5. The number of ether oxygens (including phenoxy) is 1. The number of aryl methyl sites for hydroxylation is 2. The van der Waals surface area contributed by atoms with E-state index in [1.807, 2.05) is 61.2 Å². The van der Waals surface area contributed by atoms with Crippen LogP contribution < -0.4 is 4.74 Å². The summed E-state index contributed by atoms with van der Waals surface area (Å²) < 4.78 is 5.72. The summed E-state index contributed by atoms with van der Waals surface area (Å²) in [6, 6.07) is 13.4. The number of rotatable bonds is 6. The van der Waals surface area contributed by atoms with Crippen LogP contribution in [0.15, 0.2) is 42.5 Å². The Morgan fingerprint density at radius 1 is 0.931 bits per heavy atom. The second-order valence-electron chi connectivity index (χ2n) is 7.37. The Balaban J connectivity index is 1.42. The van der Waals surface area contributed by atoms with E-state index in [9.17, 15) is 9.59 Å². The SMILES string of the molecule is Cc1cccc(OCC(=O)N2CCN(C(=O)CCc3ccc(Cl)cc3)CC2)c1C. The molecule has 0 aromatic heterocycles. The molecule has 2 aromatic carbocycles. The molecule has 3 rings (SSSR count). The molecule has 0 N–H and O–H groups in total. The van der Waals surface area contributed by atoms with Crippen molar-refractivity contribution in [3.63, 3.8) is 0 Å². The molecule has 0 spiro atoms. The van der Waals surface area contributed by atoms with Gasteiger partial charge in [-0.1, -0.05) is 35.9 Å². The van der Waals surface area contributed by atoms with Crippen molar-refractivity contribution >= 4 is 23.4 Å². The van der Waals surface area contributed by atoms with E-state index in [4.69, 9.17) is 16.3 Å². The van der Waals surface area contributed by atoms with Gasteiger partial charge in [0.15, 0.2) is 6.61 Å². The van der Waals surface area contributed by atoms with Gasteiger partial charge in [-0.25, -0.2) is 0 Å². The first-order chi connectivity index (χ1) is 13.9. The Bertz CT molecular complexity index is 859. The van der Waals surface area contributed by atoms with Crippen molar-refractivity contribution in [2.75, 3.05) is 32.8 Å². The highest BCUT2D eigenvalue weighted by Crippen LogP contribution is 2.20. The molecule has 1 heterocycles. The Morgan fingerprint density at radius 2 is 1.55 bits per heavy atom. The lowest BCUT2D eigenvalue weighted by atomic mass is 10.1. The zero-order valence-corrected chi connectivity index (χ0v) is 17.7. The first kappa shape index (κ1) is 21.2. The Labute approximate surface area is 177 Å². The molecule has 0 atom stereocenters. The number of carbonyl (C=O) groups is 2.